The van der Waals surface area contributed by atoms with E-state index in [1.165, 1.54) is 11.6 Å². The predicted molar refractivity (Wildman–Crippen MR) is 123 cm³/mol. The number of aromatic nitrogens is 3. The number of Topliss-reactive ketones (excluding diaryl/α,β-unsaturated/α-hetero) is 1. The summed E-state index contributed by atoms with van der Waals surface area (Å²) in [7, 11) is 0. The summed E-state index contributed by atoms with van der Waals surface area (Å²) in [6.07, 6.45) is -0.344. The highest BCUT2D eigenvalue weighted by Gasteiger charge is 2.45. The molecule has 3 heterocycles. The lowest BCUT2D eigenvalue weighted by Gasteiger charge is -2.40. The molecule has 1 saturated heterocycles. The van der Waals surface area contributed by atoms with Crippen molar-refractivity contribution < 1.29 is 18.0 Å². The van der Waals surface area contributed by atoms with Gasteiger partial charge in [-0.2, -0.15) is 13.2 Å². The zero-order chi connectivity index (χ0) is 23.5. The highest BCUT2D eigenvalue weighted by atomic mass is 19.4. The molecule has 1 N–H and O–H groups in total. The second-order valence-corrected chi connectivity index (χ2v) is 9.13. The molecule has 1 aliphatic carbocycles. The number of alkyl halides is 3. The average Bonchev–Trinajstić information content (AvgIpc) is 3.38. The smallest absolute Gasteiger partial charge is 0.357 e. The zero-order valence-corrected chi connectivity index (χ0v) is 18.2. The lowest BCUT2D eigenvalue weighted by atomic mass is 9.74. The van der Waals surface area contributed by atoms with E-state index in [-0.39, 0.29) is 11.2 Å². The van der Waals surface area contributed by atoms with Crippen LogP contribution in [0.25, 0.3) is 22.4 Å². The van der Waals surface area contributed by atoms with Crippen LogP contribution in [0.15, 0.2) is 60.8 Å². The third kappa shape index (κ3) is 3.36. The Morgan fingerprint density at radius 1 is 1.00 bits per heavy atom. The molecule has 1 spiro atoms. The van der Waals surface area contributed by atoms with Gasteiger partial charge in [0.25, 0.3) is 0 Å². The van der Waals surface area contributed by atoms with Gasteiger partial charge in [0.15, 0.2) is 5.78 Å². The number of imidazole rings is 1. The maximum atomic E-state index is 13.0. The highest BCUT2D eigenvalue weighted by molar-refractivity contribution is 6.02. The first-order valence-electron chi connectivity index (χ1n) is 11.2. The van der Waals surface area contributed by atoms with Crippen molar-refractivity contribution in [1.29, 1.82) is 0 Å². The number of halogens is 3. The van der Waals surface area contributed by atoms with Gasteiger partial charge in [0.2, 0.25) is 0 Å². The largest absolute Gasteiger partial charge is 0.416 e. The van der Waals surface area contributed by atoms with E-state index in [0.29, 0.717) is 28.8 Å². The molecule has 2 aromatic heterocycles. The summed E-state index contributed by atoms with van der Waals surface area (Å²) in [6, 6.07) is 15.2. The van der Waals surface area contributed by atoms with Crippen LogP contribution in [0.2, 0.25) is 0 Å². The van der Waals surface area contributed by atoms with E-state index in [2.05, 4.69) is 25.9 Å². The van der Waals surface area contributed by atoms with Gasteiger partial charge >= 0.3 is 6.18 Å². The molecule has 0 bridgehead atoms. The number of pyridine rings is 1. The van der Waals surface area contributed by atoms with Crippen molar-refractivity contribution in [2.75, 3.05) is 18.0 Å². The Balaban J connectivity index is 1.20. The van der Waals surface area contributed by atoms with Gasteiger partial charge in [-0.25, -0.2) is 9.97 Å². The number of piperidine rings is 1. The molecule has 4 aromatic rings. The summed E-state index contributed by atoms with van der Waals surface area (Å²) >= 11 is 0. The number of nitrogens with one attached hydrogen (secondary N) is 1. The first-order chi connectivity index (χ1) is 16.3. The van der Waals surface area contributed by atoms with E-state index in [0.717, 1.165) is 49.4 Å². The normalized spacial score (nSPS) is 17.5. The van der Waals surface area contributed by atoms with Crippen LogP contribution in [0, 0.1) is 0 Å². The van der Waals surface area contributed by atoms with E-state index in [9.17, 15) is 18.0 Å². The number of fused-ring (bicyclic) bond motifs is 3. The Morgan fingerprint density at radius 2 is 1.79 bits per heavy atom. The number of carbonyl (C=O) groups is 1. The van der Waals surface area contributed by atoms with E-state index in [1.807, 2.05) is 30.3 Å². The highest BCUT2D eigenvalue weighted by Crippen LogP contribution is 2.46. The lowest BCUT2D eigenvalue weighted by Crippen LogP contribution is -2.42. The van der Waals surface area contributed by atoms with E-state index in [1.54, 1.807) is 6.20 Å². The number of H-pyrrole nitrogens is 1. The first kappa shape index (κ1) is 20.9. The second-order valence-electron chi connectivity index (χ2n) is 9.13. The molecule has 0 atom stereocenters. The van der Waals surface area contributed by atoms with Crippen LogP contribution in [0.4, 0.5) is 19.0 Å². The molecule has 1 aliphatic heterocycles. The quantitative estimate of drug-likeness (QED) is 0.411. The maximum absolute atomic E-state index is 13.0. The molecule has 0 amide bonds. The Labute approximate surface area is 193 Å². The molecule has 6 rings (SSSR count). The number of benzene rings is 2. The Morgan fingerprint density at radius 3 is 2.53 bits per heavy atom. The zero-order valence-electron chi connectivity index (χ0n) is 18.2. The van der Waals surface area contributed by atoms with E-state index in [4.69, 9.17) is 0 Å². The third-order valence-corrected chi connectivity index (χ3v) is 7.17. The minimum Gasteiger partial charge on any atom is -0.357 e. The minimum absolute atomic E-state index is 0.0757. The number of carbonyl (C=O) groups excluding carboxylic acids is 1. The van der Waals surface area contributed by atoms with Crippen LogP contribution in [0.1, 0.15) is 40.7 Å². The summed E-state index contributed by atoms with van der Waals surface area (Å²) < 4.78 is 39.0. The number of hydrogen-bond acceptors (Lipinski definition) is 4. The number of anilines is 1. The van der Waals surface area contributed by atoms with Crippen molar-refractivity contribution >= 4 is 22.6 Å². The van der Waals surface area contributed by atoms with E-state index >= 15 is 0 Å². The minimum atomic E-state index is -4.40. The standard InChI is InChI=1S/C26H21F3N4O/c27-26(28,29)17-6-7-20-21(13-17)32-24(31-20)16-5-8-23(30-15-16)33-11-9-25(10-12-33)14-22(34)18-3-1-2-4-19(18)25/h1-8,13,15H,9-12,14H2,(H,31,32). The monoisotopic (exact) mass is 462 g/mol. The molecule has 172 valence electrons. The third-order valence-electron chi connectivity index (χ3n) is 7.17. The predicted octanol–water partition coefficient (Wildman–Crippen LogP) is 5.77. The summed E-state index contributed by atoms with van der Waals surface area (Å²) in [5.74, 6) is 1.55. The van der Waals surface area contributed by atoms with Crippen LogP contribution in [-0.2, 0) is 11.6 Å². The molecule has 5 nitrogen and oxygen atoms in total. The molecule has 0 unspecified atom stereocenters. The van der Waals surface area contributed by atoms with Gasteiger partial charge in [-0.15, -0.1) is 0 Å². The van der Waals surface area contributed by atoms with Crippen molar-refractivity contribution in [3.05, 3.63) is 77.5 Å². The second kappa shape index (κ2) is 7.41. The molecule has 8 heteroatoms. The maximum Gasteiger partial charge on any atom is 0.416 e. The van der Waals surface area contributed by atoms with Crippen molar-refractivity contribution in [3.8, 4) is 11.4 Å². The fraction of sp³-hybridized carbons (Fsp3) is 0.269. The van der Waals surface area contributed by atoms with Crippen LogP contribution in [0.3, 0.4) is 0 Å². The number of rotatable bonds is 2. The van der Waals surface area contributed by atoms with Gasteiger partial charge in [-0.1, -0.05) is 24.3 Å². The van der Waals surface area contributed by atoms with Crippen LogP contribution in [0.5, 0.6) is 0 Å². The molecule has 1 fully saturated rings. The Kier molecular flexibility index (Phi) is 4.56. The molecular formula is C26H21F3N4O. The molecule has 2 aromatic carbocycles. The summed E-state index contributed by atoms with van der Waals surface area (Å²) in [6.45, 7) is 1.61. The molecule has 0 radical (unpaired) electrons. The van der Waals surface area contributed by atoms with Gasteiger partial charge in [-0.3, -0.25) is 4.79 Å². The molecular weight excluding hydrogens is 441 g/mol. The number of hydrogen-bond donors (Lipinski definition) is 1. The van der Waals surface area contributed by atoms with Gasteiger partial charge < -0.3 is 9.88 Å². The summed E-state index contributed by atoms with van der Waals surface area (Å²) in [5, 5.41) is 0. The number of aromatic amines is 1. The Hall–Kier alpha value is -3.68. The fourth-order valence-electron chi connectivity index (χ4n) is 5.33. The van der Waals surface area contributed by atoms with E-state index < -0.39 is 11.7 Å². The summed E-state index contributed by atoms with van der Waals surface area (Å²) in [5.41, 5.74) is 2.78. The van der Waals surface area contributed by atoms with Crippen molar-refractivity contribution in [1.82, 2.24) is 15.0 Å². The van der Waals surface area contributed by atoms with Crippen molar-refractivity contribution in [2.45, 2.75) is 30.9 Å². The van der Waals surface area contributed by atoms with Crippen molar-refractivity contribution in [3.63, 3.8) is 0 Å². The average molecular weight is 462 g/mol. The van der Waals surface area contributed by atoms with Gasteiger partial charge in [0, 0.05) is 42.2 Å². The lowest BCUT2D eigenvalue weighted by molar-refractivity contribution is -0.137. The SMILES string of the molecule is O=C1CC2(CCN(c3ccc(-c4nc5ccc(C(F)(F)F)cc5[nH]4)cn3)CC2)c2ccccc21. The van der Waals surface area contributed by atoms with Crippen molar-refractivity contribution in [2.24, 2.45) is 0 Å². The van der Waals surface area contributed by atoms with Gasteiger partial charge in [0.05, 0.1) is 16.6 Å². The van der Waals surface area contributed by atoms with Crippen LogP contribution < -0.4 is 4.90 Å². The first-order valence-corrected chi connectivity index (χ1v) is 11.2. The number of ketones is 1. The van der Waals surface area contributed by atoms with Crippen LogP contribution >= 0.6 is 0 Å². The number of nitrogens with zero attached hydrogens (tertiary/aromatic N) is 3. The Bertz CT molecular complexity index is 1400. The van der Waals surface area contributed by atoms with Crippen LogP contribution in [-0.4, -0.2) is 33.8 Å². The molecule has 2 aliphatic rings. The topological polar surface area (TPSA) is 61.9 Å². The summed E-state index contributed by atoms with van der Waals surface area (Å²) in [4.78, 5) is 26.7. The van der Waals surface area contributed by atoms with Gasteiger partial charge in [0.1, 0.15) is 11.6 Å². The molecule has 34 heavy (non-hydrogen) atoms. The molecule has 0 saturated carbocycles. The van der Waals surface area contributed by atoms with Gasteiger partial charge in [-0.05, 0) is 48.7 Å². The fourth-order valence-corrected chi connectivity index (χ4v) is 5.33.